The van der Waals surface area contributed by atoms with Gasteiger partial charge in [0.25, 0.3) is 0 Å². The highest BCUT2D eigenvalue weighted by Crippen LogP contribution is 2.35. The lowest BCUT2D eigenvalue weighted by molar-refractivity contribution is -0.137. The van der Waals surface area contributed by atoms with E-state index in [0.717, 1.165) is 22.5 Å². The molecule has 32 heavy (non-hydrogen) atoms. The van der Waals surface area contributed by atoms with E-state index in [2.05, 4.69) is 24.6 Å². The van der Waals surface area contributed by atoms with Gasteiger partial charge in [0.2, 0.25) is 11.0 Å². The fraction of sp³-hybridized carbons (Fsp3) is 0.316. The molecule has 0 atom stereocenters. The van der Waals surface area contributed by atoms with Gasteiger partial charge in [-0.05, 0) is 18.2 Å². The van der Waals surface area contributed by atoms with E-state index in [1.165, 1.54) is 14.0 Å². The van der Waals surface area contributed by atoms with Crippen LogP contribution in [0.25, 0.3) is 11.5 Å². The van der Waals surface area contributed by atoms with Crippen LogP contribution in [0.4, 0.5) is 29.8 Å². The molecule has 13 heteroatoms. The largest absolute Gasteiger partial charge is 0.484 e. The molecule has 1 saturated heterocycles. The molecular formula is C19H17F3N6O3S. The molecule has 0 unspecified atom stereocenters. The molecule has 1 amide bonds. The summed E-state index contributed by atoms with van der Waals surface area (Å²) in [4.78, 5) is 25.3. The van der Waals surface area contributed by atoms with Crippen LogP contribution in [0, 0.1) is 0 Å². The first kappa shape index (κ1) is 21.9. The molecular weight excluding hydrogens is 449 g/mol. The Balaban J connectivity index is 1.54. The zero-order chi connectivity index (χ0) is 22.9. The lowest BCUT2D eigenvalue weighted by atomic mass is 10.2. The molecule has 0 spiro atoms. The maximum absolute atomic E-state index is 13.1. The molecule has 3 aromatic rings. The number of pyridine rings is 2. The van der Waals surface area contributed by atoms with Gasteiger partial charge in [-0.1, -0.05) is 0 Å². The maximum atomic E-state index is 13.1. The van der Waals surface area contributed by atoms with E-state index in [0.29, 0.717) is 36.7 Å². The Morgan fingerprint density at radius 3 is 2.66 bits per heavy atom. The molecule has 1 fully saturated rings. The molecule has 0 saturated carbocycles. The zero-order valence-electron chi connectivity index (χ0n) is 16.9. The molecule has 3 aromatic heterocycles. The van der Waals surface area contributed by atoms with Gasteiger partial charge in [-0.2, -0.15) is 22.5 Å². The highest BCUT2D eigenvalue weighted by molar-refractivity contribution is 7.09. The van der Waals surface area contributed by atoms with Crippen LogP contribution in [0.15, 0.2) is 30.6 Å². The van der Waals surface area contributed by atoms with Gasteiger partial charge in [0.05, 0.1) is 30.7 Å². The van der Waals surface area contributed by atoms with Crippen LogP contribution in [0.1, 0.15) is 12.5 Å². The number of nitrogens with zero attached hydrogens (tertiary/aromatic N) is 5. The molecule has 0 aliphatic carbocycles. The van der Waals surface area contributed by atoms with Crippen molar-refractivity contribution in [3.05, 3.63) is 36.2 Å². The van der Waals surface area contributed by atoms with Crippen molar-refractivity contribution in [3.63, 3.8) is 0 Å². The summed E-state index contributed by atoms with van der Waals surface area (Å²) in [6.45, 7) is 2.33. The SMILES string of the molecule is CC(=O)N(C)c1cc(C(F)(F)F)cnc1Nc1nc(-c2ccc(OC3COC3)cn2)ns1. The fourth-order valence-corrected chi connectivity index (χ4v) is 3.24. The molecule has 9 nitrogen and oxygen atoms in total. The lowest BCUT2D eigenvalue weighted by Crippen LogP contribution is -2.38. The normalized spacial score (nSPS) is 14.0. The Labute approximate surface area is 184 Å². The molecule has 0 radical (unpaired) electrons. The van der Waals surface area contributed by atoms with Crippen LogP contribution in [0.2, 0.25) is 0 Å². The van der Waals surface area contributed by atoms with E-state index in [9.17, 15) is 18.0 Å². The second kappa shape index (κ2) is 8.67. The first-order chi connectivity index (χ1) is 15.2. The third-order valence-electron chi connectivity index (χ3n) is 4.56. The minimum Gasteiger partial charge on any atom is -0.484 e. The smallest absolute Gasteiger partial charge is 0.417 e. The van der Waals surface area contributed by atoms with Crippen molar-refractivity contribution < 1.29 is 27.4 Å². The minimum absolute atomic E-state index is 0.0226. The number of hydrogen-bond acceptors (Lipinski definition) is 9. The number of halogens is 3. The maximum Gasteiger partial charge on any atom is 0.417 e. The van der Waals surface area contributed by atoms with Gasteiger partial charge in [-0.3, -0.25) is 4.79 Å². The summed E-state index contributed by atoms with van der Waals surface area (Å²) < 4.78 is 54.2. The summed E-state index contributed by atoms with van der Waals surface area (Å²) in [6.07, 6.45) is -2.33. The predicted molar refractivity (Wildman–Crippen MR) is 110 cm³/mol. The number of ether oxygens (including phenoxy) is 2. The highest BCUT2D eigenvalue weighted by Gasteiger charge is 2.32. The third kappa shape index (κ3) is 4.78. The van der Waals surface area contributed by atoms with Crippen molar-refractivity contribution >= 4 is 34.1 Å². The number of rotatable bonds is 6. The summed E-state index contributed by atoms with van der Waals surface area (Å²) in [7, 11) is 1.36. The van der Waals surface area contributed by atoms with Crippen LogP contribution in [-0.2, 0) is 15.7 Å². The number of alkyl halides is 3. The number of hydrogen-bond donors (Lipinski definition) is 1. The second-order valence-electron chi connectivity index (χ2n) is 6.87. The Hall–Kier alpha value is -3.32. The van der Waals surface area contributed by atoms with Crippen LogP contribution in [0.3, 0.4) is 0 Å². The Bertz CT molecular complexity index is 1120. The summed E-state index contributed by atoms with van der Waals surface area (Å²) >= 11 is 0.980. The Morgan fingerprint density at radius 1 is 1.28 bits per heavy atom. The van der Waals surface area contributed by atoms with Crippen molar-refractivity contribution in [1.82, 2.24) is 19.3 Å². The number of aromatic nitrogens is 4. The van der Waals surface area contributed by atoms with Crippen LogP contribution >= 0.6 is 11.5 Å². The van der Waals surface area contributed by atoms with Crippen LogP contribution < -0.4 is 15.0 Å². The number of nitrogens with one attached hydrogen (secondary N) is 1. The van der Waals surface area contributed by atoms with Gasteiger partial charge in [0, 0.05) is 31.7 Å². The van der Waals surface area contributed by atoms with Gasteiger partial charge in [0.15, 0.2) is 11.6 Å². The zero-order valence-corrected chi connectivity index (χ0v) is 17.7. The van der Waals surface area contributed by atoms with Crippen LogP contribution in [-0.4, -0.2) is 51.6 Å². The van der Waals surface area contributed by atoms with Gasteiger partial charge in [-0.15, -0.1) is 0 Å². The average Bonchev–Trinajstić information content (AvgIpc) is 3.18. The van der Waals surface area contributed by atoms with Gasteiger partial charge in [-0.25, -0.2) is 9.97 Å². The average molecular weight is 466 g/mol. The molecule has 0 aromatic carbocycles. The Kier molecular flexibility index (Phi) is 5.93. The molecule has 168 valence electrons. The first-order valence-corrected chi connectivity index (χ1v) is 10.1. The van der Waals surface area contributed by atoms with E-state index in [1.807, 2.05) is 0 Å². The predicted octanol–water partition coefficient (Wildman–Crippen LogP) is 3.52. The number of amides is 1. The molecule has 1 aliphatic heterocycles. The van der Waals surface area contributed by atoms with Crippen molar-refractivity contribution in [2.75, 3.05) is 30.5 Å². The summed E-state index contributed by atoms with van der Waals surface area (Å²) in [5.41, 5.74) is -0.513. The summed E-state index contributed by atoms with van der Waals surface area (Å²) in [5.74, 6) is 0.510. The van der Waals surface area contributed by atoms with Crippen molar-refractivity contribution in [2.24, 2.45) is 0 Å². The Morgan fingerprint density at radius 2 is 2.06 bits per heavy atom. The van der Waals surface area contributed by atoms with E-state index >= 15 is 0 Å². The molecule has 4 heterocycles. The monoisotopic (exact) mass is 466 g/mol. The van der Waals surface area contributed by atoms with E-state index in [4.69, 9.17) is 9.47 Å². The van der Waals surface area contributed by atoms with Crippen molar-refractivity contribution in [3.8, 4) is 17.3 Å². The van der Waals surface area contributed by atoms with Gasteiger partial charge >= 0.3 is 6.18 Å². The van der Waals surface area contributed by atoms with Gasteiger partial charge in [0.1, 0.15) is 17.5 Å². The lowest BCUT2D eigenvalue weighted by Gasteiger charge is -2.26. The van der Waals surface area contributed by atoms with Crippen molar-refractivity contribution in [2.45, 2.75) is 19.2 Å². The molecule has 4 rings (SSSR count). The standard InChI is InChI=1S/C19H17F3N6O3S/c1-10(29)28(2)15-5-11(19(20,21)22)6-24-17(15)26-18-25-16(27-32-18)14-4-3-12(7-23-14)31-13-8-30-9-13/h3-7,13H,8-9H2,1-2H3,(H,24,25,26,27). The number of carbonyl (C=O) groups is 1. The quantitative estimate of drug-likeness (QED) is 0.589. The number of anilines is 3. The third-order valence-corrected chi connectivity index (χ3v) is 5.19. The topological polar surface area (TPSA) is 102 Å². The number of carbonyl (C=O) groups excluding carboxylic acids is 1. The first-order valence-electron chi connectivity index (χ1n) is 9.34. The van der Waals surface area contributed by atoms with Crippen molar-refractivity contribution in [1.29, 1.82) is 0 Å². The fourth-order valence-electron chi connectivity index (χ4n) is 2.67. The van der Waals surface area contributed by atoms with E-state index in [-0.39, 0.29) is 22.7 Å². The van der Waals surface area contributed by atoms with E-state index < -0.39 is 17.6 Å². The van der Waals surface area contributed by atoms with E-state index in [1.54, 1.807) is 18.3 Å². The van der Waals surface area contributed by atoms with Gasteiger partial charge < -0.3 is 19.7 Å². The minimum atomic E-state index is -4.60. The summed E-state index contributed by atoms with van der Waals surface area (Å²) in [6, 6.07) is 4.30. The summed E-state index contributed by atoms with van der Waals surface area (Å²) in [5, 5.41) is 3.11. The molecule has 0 bridgehead atoms. The molecule has 1 N–H and O–H groups in total. The van der Waals surface area contributed by atoms with Crippen LogP contribution in [0.5, 0.6) is 5.75 Å². The second-order valence-corrected chi connectivity index (χ2v) is 7.62. The molecule has 1 aliphatic rings. The highest BCUT2D eigenvalue weighted by atomic mass is 32.1.